The van der Waals surface area contributed by atoms with Crippen molar-refractivity contribution in [3.8, 4) is 0 Å². The zero-order chi connectivity index (χ0) is 20.5. The Morgan fingerprint density at radius 2 is 1.79 bits per heavy atom. The van der Waals surface area contributed by atoms with Crippen LogP contribution in [0.4, 0.5) is 5.82 Å². The summed E-state index contributed by atoms with van der Waals surface area (Å²) in [5.74, 6) is 1.47. The molecule has 2 saturated heterocycles. The monoisotopic (exact) mass is 389 g/mol. The second-order valence-corrected chi connectivity index (χ2v) is 7.43. The number of hydrogen-bond acceptors (Lipinski definition) is 6. The molecule has 28 heavy (non-hydrogen) atoms. The lowest BCUT2D eigenvalue weighted by atomic mass is 10.0. The van der Waals surface area contributed by atoms with Crippen molar-refractivity contribution in [3.63, 3.8) is 0 Å². The predicted molar refractivity (Wildman–Crippen MR) is 113 cm³/mol. The number of amides is 1. The van der Waals surface area contributed by atoms with E-state index in [1.165, 1.54) is 12.8 Å². The van der Waals surface area contributed by atoms with E-state index in [4.69, 9.17) is 5.73 Å². The van der Waals surface area contributed by atoms with Gasteiger partial charge in [-0.1, -0.05) is 13.8 Å². The third-order valence-corrected chi connectivity index (χ3v) is 5.46. The van der Waals surface area contributed by atoms with Crippen molar-refractivity contribution in [1.29, 1.82) is 0 Å². The van der Waals surface area contributed by atoms with Gasteiger partial charge in [-0.25, -0.2) is 4.98 Å². The number of Topliss-reactive ketones (excluding diaryl/α,β-unsaturated/α-hetero) is 1. The summed E-state index contributed by atoms with van der Waals surface area (Å²) < 4.78 is 0. The minimum Gasteiger partial charge on any atom is -0.369 e. The third-order valence-electron chi connectivity index (χ3n) is 5.46. The Kier molecular flexibility index (Phi) is 8.86. The van der Waals surface area contributed by atoms with Crippen molar-refractivity contribution in [2.45, 2.75) is 33.6 Å². The number of pyridine rings is 1. The number of piperazine rings is 1. The van der Waals surface area contributed by atoms with Crippen molar-refractivity contribution in [1.82, 2.24) is 14.8 Å². The lowest BCUT2D eigenvalue weighted by Gasteiger charge is -2.34. The van der Waals surface area contributed by atoms with Gasteiger partial charge in [0.2, 0.25) is 5.91 Å². The Bertz CT molecular complexity index is 626. The lowest BCUT2D eigenvalue weighted by Crippen LogP contribution is -2.49. The number of carbonyl (C=O) groups is 2. The second kappa shape index (κ2) is 11.1. The average Bonchev–Trinajstić information content (AvgIpc) is 3.18. The number of anilines is 1. The van der Waals surface area contributed by atoms with E-state index in [1.807, 2.05) is 26.0 Å². The van der Waals surface area contributed by atoms with E-state index in [0.717, 1.165) is 51.6 Å². The van der Waals surface area contributed by atoms with Gasteiger partial charge in [0.1, 0.15) is 5.82 Å². The Hall–Kier alpha value is -1.99. The van der Waals surface area contributed by atoms with Crippen LogP contribution in [-0.2, 0) is 4.79 Å². The van der Waals surface area contributed by atoms with Gasteiger partial charge in [-0.3, -0.25) is 14.5 Å². The summed E-state index contributed by atoms with van der Waals surface area (Å²) in [5, 5.41) is 0. The van der Waals surface area contributed by atoms with E-state index in [-0.39, 0.29) is 11.7 Å². The van der Waals surface area contributed by atoms with Gasteiger partial charge >= 0.3 is 0 Å². The molecule has 0 radical (unpaired) electrons. The normalized spacial score (nSPS) is 20.5. The first-order valence-electron chi connectivity index (χ1n) is 10.5. The van der Waals surface area contributed by atoms with Gasteiger partial charge in [0.15, 0.2) is 5.78 Å². The number of carbonyl (C=O) groups excluding carboxylic acids is 2. The van der Waals surface area contributed by atoms with Crippen LogP contribution in [0.2, 0.25) is 0 Å². The van der Waals surface area contributed by atoms with Gasteiger partial charge in [-0.2, -0.15) is 0 Å². The summed E-state index contributed by atoms with van der Waals surface area (Å²) in [6.45, 7) is 13.0. The molecule has 0 bridgehead atoms. The first-order valence-corrected chi connectivity index (χ1v) is 10.5. The fourth-order valence-electron chi connectivity index (χ4n) is 3.81. The van der Waals surface area contributed by atoms with Crippen molar-refractivity contribution >= 4 is 17.5 Å². The summed E-state index contributed by atoms with van der Waals surface area (Å²) in [6.07, 6.45) is 4.06. The molecule has 0 aromatic carbocycles. The van der Waals surface area contributed by atoms with Crippen LogP contribution in [0.3, 0.4) is 0 Å². The number of nitrogens with two attached hydrogens (primary N) is 1. The molecule has 3 heterocycles. The Labute approximate surface area is 168 Å². The topological polar surface area (TPSA) is 82.8 Å². The Morgan fingerprint density at radius 3 is 2.36 bits per heavy atom. The number of aromatic nitrogens is 1. The summed E-state index contributed by atoms with van der Waals surface area (Å²) in [4.78, 5) is 33.7. The number of nitrogens with zero attached hydrogens (tertiary/aromatic N) is 4. The Balaban J connectivity index is 0.00000136. The van der Waals surface area contributed by atoms with Crippen LogP contribution < -0.4 is 10.6 Å². The van der Waals surface area contributed by atoms with Crippen molar-refractivity contribution in [2.75, 3.05) is 57.3 Å². The van der Waals surface area contributed by atoms with Gasteiger partial charge in [0.05, 0.1) is 6.54 Å². The van der Waals surface area contributed by atoms with Crippen LogP contribution in [0, 0.1) is 5.92 Å². The maximum Gasteiger partial charge on any atom is 0.231 e. The first-order chi connectivity index (χ1) is 13.5. The van der Waals surface area contributed by atoms with Crippen LogP contribution in [0.5, 0.6) is 0 Å². The number of primary amides is 1. The van der Waals surface area contributed by atoms with Crippen molar-refractivity contribution in [2.24, 2.45) is 11.7 Å². The molecule has 3 rings (SSSR count). The average molecular weight is 390 g/mol. The van der Waals surface area contributed by atoms with Gasteiger partial charge in [0.25, 0.3) is 0 Å². The van der Waals surface area contributed by atoms with Gasteiger partial charge in [-0.15, -0.1) is 0 Å². The largest absolute Gasteiger partial charge is 0.369 e. The van der Waals surface area contributed by atoms with Crippen LogP contribution in [0.25, 0.3) is 0 Å². The first kappa shape index (κ1) is 22.3. The van der Waals surface area contributed by atoms with E-state index in [9.17, 15) is 9.59 Å². The highest BCUT2D eigenvalue weighted by Crippen LogP contribution is 2.24. The molecular formula is C21H35N5O2. The molecule has 1 amide bonds. The molecule has 2 N–H and O–H groups in total. The van der Waals surface area contributed by atoms with Gasteiger partial charge in [0, 0.05) is 51.0 Å². The molecule has 2 aliphatic rings. The molecular weight excluding hydrogens is 354 g/mol. The minimum atomic E-state index is -0.241. The van der Waals surface area contributed by atoms with Crippen molar-refractivity contribution < 1.29 is 9.59 Å². The van der Waals surface area contributed by atoms with E-state index in [0.29, 0.717) is 18.0 Å². The number of rotatable bonds is 7. The molecule has 1 unspecified atom stereocenters. The molecule has 7 heteroatoms. The molecule has 0 saturated carbocycles. The second-order valence-electron chi connectivity index (χ2n) is 7.43. The van der Waals surface area contributed by atoms with Crippen molar-refractivity contribution in [3.05, 3.63) is 23.9 Å². The van der Waals surface area contributed by atoms with Crippen LogP contribution in [-0.4, -0.2) is 78.8 Å². The summed E-state index contributed by atoms with van der Waals surface area (Å²) in [5.41, 5.74) is 5.93. The highest BCUT2D eigenvalue weighted by Gasteiger charge is 2.25. The SMILES string of the molecule is CC.CC(=O)c1ccc(N2CCC(CCN3CCN(CC(N)=O)CC3)C2)nc1. The van der Waals surface area contributed by atoms with Crippen LogP contribution >= 0.6 is 0 Å². The third kappa shape index (κ3) is 6.56. The molecule has 2 aliphatic heterocycles. The molecule has 156 valence electrons. The number of ketones is 1. The van der Waals surface area contributed by atoms with Crippen LogP contribution in [0.1, 0.15) is 44.0 Å². The van der Waals surface area contributed by atoms with Crippen LogP contribution in [0.15, 0.2) is 18.3 Å². The maximum atomic E-state index is 11.4. The lowest BCUT2D eigenvalue weighted by molar-refractivity contribution is -0.119. The van der Waals surface area contributed by atoms with E-state index in [2.05, 4.69) is 19.7 Å². The Morgan fingerprint density at radius 1 is 1.11 bits per heavy atom. The highest BCUT2D eigenvalue weighted by atomic mass is 16.1. The fourth-order valence-corrected chi connectivity index (χ4v) is 3.81. The van der Waals surface area contributed by atoms with Gasteiger partial charge in [-0.05, 0) is 44.4 Å². The molecule has 2 fully saturated rings. The van der Waals surface area contributed by atoms with E-state index < -0.39 is 0 Å². The predicted octanol–water partition coefficient (Wildman–Crippen LogP) is 1.63. The molecule has 7 nitrogen and oxygen atoms in total. The summed E-state index contributed by atoms with van der Waals surface area (Å²) in [6, 6.07) is 3.82. The molecule has 0 spiro atoms. The molecule has 0 aliphatic carbocycles. The molecule has 1 aromatic heterocycles. The molecule has 1 atom stereocenters. The standard InChI is InChI=1S/C19H29N5O2.C2H6/c1-15(25)17-2-3-19(21-12-17)24-7-5-16(13-24)4-6-22-8-10-23(11-9-22)14-18(20)26;1-2/h2-3,12,16H,4-11,13-14H2,1H3,(H2,20,26);1-2H3. The quantitative estimate of drug-likeness (QED) is 0.714. The fraction of sp³-hybridized carbons (Fsp3) is 0.667. The zero-order valence-electron chi connectivity index (χ0n) is 17.6. The van der Waals surface area contributed by atoms with E-state index in [1.54, 1.807) is 13.1 Å². The minimum absolute atomic E-state index is 0.0549. The zero-order valence-corrected chi connectivity index (χ0v) is 17.6. The van der Waals surface area contributed by atoms with E-state index >= 15 is 0 Å². The highest BCUT2D eigenvalue weighted by molar-refractivity contribution is 5.93. The van der Waals surface area contributed by atoms with Gasteiger partial charge < -0.3 is 15.5 Å². The smallest absolute Gasteiger partial charge is 0.231 e. The summed E-state index contributed by atoms with van der Waals surface area (Å²) in [7, 11) is 0. The number of hydrogen-bond donors (Lipinski definition) is 1. The molecule has 1 aromatic rings. The summed E-state index contributed by atoms with van der Waals surface area (Å²) >= 11 is 0. The maximum absolute atomic E-state index is 11.4.